The molecule has 0 aliphatic carbocycles. The van der Waals surface area contributed by atoms with E-state index in [1.54, 1.807) is 47.4 Å². The van der Waals surface area contributed by atoms with Gasteiger partial charge in [0, 0.05) is 11.3 Å². The molecule has 6 nitrogen and oxygen atoms in total. The second-order valence-corrected chi connectivity index (χ2v) is 9.45. The highest BCUT2D eigenvalue weighted by molar-refractivity contribution is 7.13. The molecule has 34 heavy (non-hydrogen) atoms. The Morgan fingerprint density at radius 1 is 1.12 bits per heavy atom. The number of benzene rings is 2. The van der Waals surface area contributed by atoms with Gasteiger partial charge in [0.05, 0.1) is 28.8 Å². The number of anilines is 1. The van der Waals surface area contributed by atoms with Gasteiger partial charge in [0.25, 0.3) is 5.91 Å². The van der Waals surface area contributed by atoms with E-state index in [-0.39, 0.29) is 17.9 Å². The average Bonchev–Trinajstić information content (AvgIpc) is 3.57. The number of H-pyrrole nitrogens is 1. The van der Waals surface area contributed by atoms with Crippen LogP contribution in [0.15, 0.2) is 66.0 Å². The van der Waals surface area contributed by atoms with Crippen molar-refractivity contribution in [1.29, 1.82) is 0 Å². The molecule has 3 heterocycles. The zero-order valence-electron chi connectivity index (χ0n) is 19.2. The third kappa shape index (κ3) is 3.72. The van der Waals surface area contributed by atoms with E-state index in [4.69, 9.17) is 4.74 Å². The predicted molar refractivity (Wildman–Crippen MR) is 133 cm³/mol. The summed E-state index contributed by atoms with van der Waals surface area (Å²) in [4.78, 5) is 28.5. The minimum absolute atomic E-state index is 0.170. The summed E-state index contributed by atoms with van der Waals surface area (Å²) in [7, 11) is 0. The van der Waals surface area contributed by atoms with E-state index in [9.17, 15) is 9.59 Å². The Balaban J connectivity index is 1.62. The van der Waals surface area contributed by atoms with Gasteiger partial charge in [-0.2, -0.15) is 5.10 Å². The first-order valence-electron chi connectivity index (χ1n) is 11.3. The molecule has 0 saturated heterocycles. The van der Waals surface area contributed by atoms with Crippen LogP contribution in [-0.2, 0) is 4.74 Å². The number of nitrogens with zero attached hydrogens (tertiary/aromatic N) is 2. The van der Waals surface area contributed by atoms with Gasteiger partial charge in [0.1, 0.15) is 0 Å². The van der Waals surface area contributed by atoms with E-state index in [2.05, 4.69) is 48.3 Å². The number of aromatic amines is 1. The van der Waals surface area contributed by atoms with Crippen LogP contribution < -0.4 is 4.90 Å². The van der Waals surface area contributed by atoms with E-state index >= 15 is 0 Å². The second kappa shape index (κ2) is 8.91. The number of esters is 1. The lowest BCUT2D eigenvalue weighted by atomic mass is 9.95. The molecule has 2 aromatic carbocycles. The van der Waals surface area contributed by atoms with Gasteiger partial charge in [-0.15, -0.1) is 11.3 Å². The number of ether oxygens (including phenoxy) is 1. The molecule has 1 aliphatic heterocycles. The van der Waals surface area contributed by atoms with Crippen LogP contribution in [0.5, 0.6) is 0 Å². The maximum Gasteiger partial charge on any atom is 0.338 e. The summed E-state index contributed by atoms with van der Waals surface area (Å²) in [6.07, 6.45) is 0. The average molecular weight is 472 g/mol. The number of nitrogens with one attached hydrogen (secondary N) is 1. The van der Waals surface area contributed by atoms with Gasteiger partial charge in [0.2, 0.25) is 0 Å². The Morgan fingerprint density at radius 3 is 2.47 bits per heavy atom. The molecular formula is C27H25N3O3S. The summed E-state index contributed by atoms with van der Waals surface area (Å²) >= 11 is 1.61. The third-order valence-electron chi connectivity index (χ3n) is 6.10. The van der Waals surface area contributed by atoms with Crippen molar-refractivity contribution < 1.29 is 14.3 Å². The van der Waals surface area contributed by atoms with Gasteiger partial charge in [-0.3, -0.25) is 14.8 Å². The van der Waals surface area contributed by atoms with Crippen molar-refractivity contribution in [2.45, 2.75) is 32.7 Å². The molecule has 2 aromatic heterocycles. The van der Waals surface area contributed by atoms with Gasteiger partial charge in [-0.05, 0) is 59.7 Å². The van der Waals surface area contributed by atoms with E-state index < -0.39 is 0 Å². The standard InChI is InChI=1S/C27H25N3O3S/c1-4-33-27(32)19-11-13-20(14-12-19)30-25(18-9-7-17(8-10-18)16(2)3)22-23(21-6-5-15-34-21)28-29-24(22)26(30)31/h5-16,25H,4H2,1-3H3,(H,28,29)/t25-/m1/s1. The number of fused-ring (bicyclic) bond motifs is 1. The summed E-state index contributed by atoms with van der Waals surface area (Å²) in [5, 5.41) is 9.53. The largest absolute Gasteiger partial charge is 0.462 e. The lowest BCUT2D eigenvalue weighted by Crippen LogP contribution is -2.29. The Labute approximate surface area is 202 Å². The first-order chi connectivity index (χ1) is 16.5. The van der Waals surface area contributed by atoms with Crippen molar-refractivity contribution in [3.05, 3.63) is 94.0 Å². The molecule has 1 atom stereocenters. The van der Waals surface area contributed by atoms with E-state index in [0.717, 1.165) is 21.7 Å². The van der Waals surface area contributed by atoms with Gasteiger partial charge in [-0.1, -0.05) is 44.2 Å². The van der Waals surface area contributed by atoms with Crippen molar-refractivity contribution in [2.75, 3.05) is 11.5 Å². The van der Waals surface area contributed by atoms with E-state index in [0.29, 0.717) is 29.5 Å². The molecule has 172 valence electrons. The highest BCUT2D eigenvalue weighted by atomic mass is 32.1. The summed E-state index contributed by atoms with van der Waals surface area (Å²) in [5.74, 6) is -0.136. The maximum absolute atomic E-state index is 13.6. The number of thiophene rings is 1. The summed E-state index contributed by atoms with van der Waals surface area (Å²) in [6.45, 7) is 6.41. The van der Waals surface area contributed by atoms with Crippen molar-refractivity contribution in [3.63, 3.8) is 0 Å². The summed E-state index contributed by atoms with van der Waals surface area (Å²) < 4.78 is 5.10. The van der Waals surface area contributed by atoms with Gasteiger partial charge in [0.15, 0.2) is 5.69 Å². The van der Waals surface area contributed by atoms with Crippen LogP contribution in [0.3, 0.4) is 0 Å². The molecule has 0 saturated carbocycles. The monoisotopic (exact) mass is 471 g/mol. The topological polar surface area (TPSA) is 75.3 Å². The molecule has 0 unspecified atom stereocenters. The molecule has 0 spiro atoms. The fourth-order valence-electron chi connectivity index (χ4n) is 4.37. The lowest BCUT2D eigenvalue weighted by molar-refractivity contribution is 0.0526. The van der Waals surface area contributed by atoms with Crippen molar-refractivity contribution in [1.82, 2.24) is 10.2 Å². The molecule has 0 bridgehead atoms. The van der Waals surface area contributed by atoms with Crippen LogP contribution in [0.25, 0.3) is 10.6 Å². The SMILES string of the molecule is CCOC(=O)c1ccc(N2C(=O)c3n[nH]c(-c4cccs4)c3[C@H]2c2ccc(C(C)C)cc2)cc1. The summed E-state index contributed by atoms with van der Waals surface area (Å²) in [5.41, 5.74) is 5.56. The Bertz CT molecular complexity index is 1320. The number of carbonyl (C=O) groups is 2. The van der Waals surface area contributed by atoms with Crippen molar-refractivity contribution in [2.24, 2.45) is 0 Å². The zero-order chi connectivity index (χ0) is 23.8. The predicted octanol–water partition coefficient (Wildman–Crippen LogP) is 6.19. The van der Waals surface area contributed by atoms with Crippen molar-refractivity contribution in [3.8, 4) is 10.6 Å². The van der Waals surface area contributed by atoms with Crippen LogP contribution in [-0.4, -0.2) is 28.7 Å². The van der Waals surface area contributed by atoms with E-state index in [1.807, 2.05) is 17.5 Å². The number of hydrogen-bond donors (Lipinski definition) is 1. The van der Waals surface area contributed by atoms with Crippen LogP contribution in [0, 0.1) is 0 Å². The molecule has 1 amide bonds. The molecule has 5 rings (SSSR count). The number of rotatable bonds is 6. The van der Waals surface area contributed by atoms with Crippen LogP contribution >= 0.6 is 11.3 Å². The molecule has 0 radical (unpaired) electrons. The van der Waals surface area contributed by atoms with Crippen LogP contribution in [0.2, 0.25) is 0 Å². The fourth-order valence-corrected chi connectivity index (χ4v) is 5.10. The molecule has 1 aliphatic rings. The first-order valence-corrected chi connectivity index (χ1v) is 12.2. The van der Waals surface area contributed by atoms with Crippen molar-refractivity contribution >= 4 is 28.9 Å². The number of hydrogen-bond acceptors (Lipinski definition) is 5. The first kappa shape index (κ1) is 22.1. The van der Waals surface area contributed by atoms with Gasteiger partial charge in [-0.25, -0.2) is 4.79 Å². The quantitative estimate of drug-likeness (QED) is 0.340. The highest BCUT2D eigenvalue weighted by Gasteiger charge is 2.43. The lowest BCUT2D eigenvalue weighted by Gasteiger charge is -2.27. The Morgan fingerprint density at radius 2 is 1.85 bits per heavy atom. The second-order valence-electron chi connectivity index (χ2n) is 8.50. The fraction of sp³-hybridized carbons (Fsp3) is 0.222. The normalized spacial score (nSPS) is 15.1. The highest BCUT2D eigenvalue weighted by Crippen LogP contribution is 2.45. The van der Waals surface area contributed by atoms with Crippen LogP contribution in [0.4, 0.5) is 5.69 Å². The smallest absolute Gasteiger partial charge is 0.338 e. The van der Waals surface area contributed by atoms with Crippen LogP contribution in [0.1, 0.15) is 70.3 Å². The molecule has 1 N–H and O–H groups in total. The number of aromatic nitrogens is 2. The van der Waals surface area contributed by atoms with E-state index in [1.165, 1.54) is 5.56 Å². The maximum atomic E-state index is 13.6. The Kier molecular flexibility index (Phi) is 5.79. The van der Waals surface area contributed by atoms with Gasteiger partial charge >= 0.3 is 5.97 Å². The zero-order valence-corrected chi connectivity index (χ0v) is 20.1. The molecular weight excluding hydrogens is 446 g/mol. The molecule has 4 aromatic rings. The minimum atomic E-state index is -0.379. The summed E-state index contributed by atoms with van der Waals surface area (Å²) in [6, 6.07) is 19.1. The number of carbonyl (C=O) groups excluding carboxylic acids is 2. The van der Waals surface area contributed by atoms with Gasteiger partial charge < -0.3 is 4.74 Å². The minimum Gasteiger partial charge on any atom is -0.462 e. The Hall–Kier alpha value is -3.71. The molecule has 0 fully saturated rings. The molecule has 7 heteroatoms. The third-order valence-corrected chi connectivity index (χ3v) is 6.99. The number of amides is 1.